The van der Waals surface area contributed by atoms with Gasteiger partial charge in [-0.1, -0.05) is 267 Å². The molecule has 0 amide bonds. The van der Waals surface area contributed by atoms with Crippen LogP contribution in [0.3, 0.4) is 0 Å². The molecule has 0 aliphatic carbocycles. The number of para-hydroxylation sites is 8. The third-order valence-electron chi connectivity index (χ3n) is 22.2. The van der Waals surface area contributed by atoms with Gasteiger partial charge >= 0.3 is 0 Å². The minimum atomic E-state index is 0.554. The number of hydrogen-bond donors (Lipinski definition) is 0. The summed E-state index contributed by atoms with van der Waals surface area (Å²) in [5.74, 6) is 0. The summed E-state index contributed by atoms with van der Waals surface area (Å²) in [6.07, 6.45) is 0. The van der Waals surface area contributed by atoms with Gasteiger partial charge in [0.15, 0.2) is 11.4 Å². The van der Waals surface area contributed by atoms with Crippen molar-refractivity contribution < 1.29 is 0 Å². The number of fused-ring (bicyclic) bond motifs is 10. The van der Waals surface area contributed by atoms with Gasteiger partial charge in [-0.25, -0.2) is 0 Å². The van der Waals surface area contributed by atoms with E-state index in [1.54, 1.807) is 0 Å². The predicted octanol–water partition coefficient (Wildman–Crippen LogP) is 29.6. The Morgan fingerprint density at radius 2 is 0.532 bits per heavy atom. The molecule has 0 saturated heterocycles. The van der Waals surface area contributed by atoms with E-state index in [1.807, 2.05) is 0 Å². The maximum atomic E-state index is 2.39. The molecule has 21 rings (SSSR count). The van der Waals surface area contributed by atoms with Gasteiger partial charge in [0, 0.05) is 103 Å². The summed E-state index contributed by atoms with van der Waals surface area (Å²) in [7, 11) is 0. The second kappa shape index (κ2) is 28.3. The maximum Gasteiger partial charge on any atom is 0.156 e. The van der Waals surface area contributed by atoms with Crippen molar-refractivity contribution in [3.8, 4) is 67.0 Å². The van der Waals surface area contributed by atoms with Gasteiger partial charge in [0.2, 0.25) is 0 Å². The molecular formula is C106H74N5+. The van der Waals surface area contributed by atoms with Crippen LogP contribution in [0.25, 0.3) is 121 Å². The van der Waals surface area contributed by atoms with E-state index in [4.69, 9.17) is 0 Å². The van der Waals surface area contributed by atoms with Crippen LogP contribution in [0.15, 0.2) is 449 Å². The molecule has 2 aromatic heterocycles. The van der Waals surface area contributed by atoms with Crippen LogP contribution in [-0.4, -0.2) is 9.13 Å². The molecule has 0 unspecified atom stereocenters. The molecule has 0 saturated carbocycles. The zero-order valence-electron chi connectivity index (χ0n) is 61.0. The summed E-state index contributed by atoms with van der Waals surface area (Å²) in [6, 6.07) is 163. The van der Waals surface area contributed by atoms with E-state index < -0.39 is 0 Å². The Morgan fingerprint density at radius 1 is 0.180 bits per heavy atom. The van der Waals surface area contributed by atoms with Crippen LogP contribution in [0.1, 0.15) is 0 Å². The number of benzene rings is 18. The van der Waals surface area contributed by atoms with Crippen molar-refractivity contribution in [2.75, 3.05) is 9.80 Å². The SMILES string of the molecule is c1ccc(-c2ccc(N(c3ccc(-c4ccc5c(c4)c4ccccc4n5-c4ccccc4)cc3)c3ccc4c5ccccc5n(-c5ccccc5)c4c3)cc2)cc1.c1ccc(N(c2ccc(-c3ccc4c(c3)-c3ccccc3[N+]4(c3ccccc3)c3ccccc3)cc2)c2ccc(-c3ccc4ccccc4c3)cc2)cc1. The Bertz CT molecular complexity index is 6720. The first kappa shape index (κ1) is 65.9. The van der Waals surface area contributed by atoms with Crippen molar-refractivity contribution in [1.29, 1.82) is 0 Å². The number of rotatable bonds is 14. The third kappa shape index (κ3) is 11.8. The number of nitrogens with zero attached hydrogens (tertiary/aromatic N) is 5. The van der Waals surface area contributed by atoms with E-state index in [0.717, 1.165) is 39.8 Å². The van der Waals surface area contributed by atoms with Gasteiger partial charge < -0.3 is 18.9 Å². The van der Waals surface area contributed by atoms with Gasteiger partial charge in [-0.05, 0) is 201 Å². The fraction of sp³-hybridized carbons (Fsp3) is 0. The molecular weight excluding hydrogens is 1340 g/mol. The summed E-state index contributed by atoms with van der Waals surface area (Å²) in [6.45, 7) is 0. The van der Waals surface area contributed by atoms with Crippen LogP contribution in [0.2, 0.25) is 0 Å². The lowest BCUT2D eigenvalue weighted by Gasteiger charge is -2.34. The van der Waals surface area contributed by atoms with Gasteiger partial charge in [0.05, 0.1) is 33.2 Å². The molecule has 18 aromatic carbocycles. The van der Waals surface area contributed by atoms with E-state index in [-0.39, 0.29) is 0 Å². The standard InChI is InChI=1S/C54H37N3.C52H37N2/c1-4-14-38(15-5-1)39-24-29-44(30-25-39)55(46-33-34-49-47-20-10-12-22-51(47)57(54(49)37-46)43-18-8-3-9-19-43)45-31-26-40(27-32-45)41-28-35-53-50(36-41)48-21-11-13-23-52(48)56(53)42-16-6-2-7-17-42;1-4-16-44(17-5-1)53(45-31-26-39(27-32-45)42-25-24-38-14-10-11-15-41(38)36-42)46-33-28-40(29-34-46)43-30-35-52-50(37-43)49-22-12-13-23-51(49)54(52,47-18-6-2-7-19-47)48-20-8-3-9-21-48/h1-37H;1-37H/q;+1. The Morgan fingerprint density at radius 3 is 1.10 bits per heavy atom. The lowest BCUT2D eigenvalue weighted by Crippen LogP contribution is -2.30. The minimum absolute atomic E-state index is 0.554. The fourth-order valence-electron chi connectivity index (χ4n) is 17.0. The molecule has 0 spiro atoms. The van der Waals surface area contributed by atoms with Crippen molar-refractivity contribution in [1.82, 2.24) is 13.6 Å². The average molecular weight is 1420 g/mol. The summed E-state index contributed by atoms with van der Waals surface area (Å²) < 4.78 is 5.31. The molecule has 0 fully saturated rings. The Labute approximate surface area is 646 Å². The smallest absolute Gasteiger partial charge is 0.156 e. The topological polar surface area (TPSA) is 16.3 Å². The largest absolute Gasteiger partial charge is 0.311 e. The minimum Gasteiger partial charge on any atom is -0.311 e. The highest BCUT2D eigenvalue weighted by atomic mass is 15.4. The van der Waals surface area contributed by atoms with Crippen LogP contribution in [0, 0.1) is 0 Å². The van der Waals surface area contributed by atoms with Crippen molar-refractivity contribution in [3.63, 3.8) is 0 Å². The normalized spacial score (nSPS) is 12.0. The summed E-state index contributed by atoms with van der Waals surface area (Å²) >= 11 is 0. The van der Waals surface area contributed by atoms with Gasteiger partial charge in [0.1, 0.15) is 11.4 Å². The molecule has 0 atom stereocenters. The van der Waals surface area contributed by atoms with Crippen LogP contribution in [0.5, 0.6) is 0 Å². The zero-order valence-corrected chi connectivity index (χ0v) is 61.0. The molecule has 1 aliphatic rings. The van der Waals surface area contributed by atoms with E-state index >= 15 is 0 Å². The number of anilines is 6. The maximum absolute atomic E-state index is 2.39. The fourth-order valence-corrected chi connectivity index (χ4v) is 17.0. The molecule has 522 valence electrons. The van der Waals surface area contributed by atoms with Crippen LogP contribution in [0.4, 0.5) is 56.9 Å². The second-order valence-electron chi connectivity index (χ2n) is 28.5. The zero-order chi connectivity index (χ0) is 73.6. The summed E-state index contributed by atoms with van der Waals surface area (Å²) in [5, 5.41) is 7.49. The second-order valence-corrected chi connectivity index (χ2v) is 28.5. The predicted molar refractivity (Wildman–Crippen MR) is 469 cm³/mol. The first-order chi connectivity index (χ1) is 55.1. The van der Waals surface area contributed by atoms with Crippen molar-refractivity contribution in [2.45, 2.75) is 0 Å². The molecule has 0 radical (unpaired) electrons. The highest BCUT2D eigenvalue weighted by molar-refractivity contribution is 6.12. The number of aromatic nitrogens is 2. The molecule has 5 nitrogen and oxygen atoms in total. The first-order valence-corrected chi connectivity index (χ1v) is 38.1. The molecule has 1 aliphatic heterocycles. The van der Waals surface area contributed by atoms with E-state index in [0.29, 0.717) is 4.48 Å². The lowest BCUT2D eigenvalue weighted by molar-refractivity contribution is 0.721. The lowest BCUT2D eigenvalue weighted by atomic mass is 9.98. The Balaban J connectivity index is 0.000000145. The van der Waals surface area contributed by atoms with E-state index in [1.165, 1.54) is 138 Å². The van der Waals surface area contributed by atoms with Crippen LogP contribution < -0.4 is 14.3 Å². The summed E-state index contributed by atoms with van der Waals surface area (Å²) in [5.41, 5.74) is 30.8. The highest BCUT2D eigenvalue weighted by Crippen LogP contribution is 2.63. The van der Waals surface area contributed by atoms with Gasteiger partial charge in [-0.15, -0.1) is 0 Å². The van der Waals surface area contributed by atoms with E-state index in [2.05, 4.69) is 468 Å². The monoisotopic (exact) mass is 1420 g/mol. The highest BCUT2D eigenvalue weighted by Gasteiger charge is 2.48. The van der Waals surface area contributed by atoms with Crippen molar-refractivity contribution in [3.05, 3.63) is 449 Å². The summed E-state index contributed by atoms with van der Waals surface area (Å²) in [4.78, 5) is 4.71. The Kier molecular flexibility index (Phi) is 16.8. The quantitative estimate of drug-likeness (QED) is 0.101. The van der Waals surface area contributed by atoms with Gasteiger partial charge in [-0.3, -0.25) is 0 Å². The number of hydrogen-bond acceptors (Lipinski definition) is 2. The first-order valence-electron chi connectivity index (χ1n) is 38.1. The molecule has 0 bridgehead atoms. The third-order valence-corrected chi connectivity index (χ3v) is 22.2. The molecule has 3 heterocycles. The molecule has 5 heteroatoms. The van der Waals surface area contributed by atoms with Gasteiger partial charge in [-0.2, -0.15) is 4.48 Å². The molecule has 111 heavy (non-hydrogen) atoms. The molecule has 0 N–H and O–H groups in total. The van der Waals surface area contributed by atoms with E-state index in [9.17, 15) is 0 Å². The van der Waals surface area contributed by atoms with Gasteiger partial charge in [0.25, 0.3) is 0 Å². The Hall–Kier alpha value is -14.6. The number of quaternary nitrogens is 1. The van der Waals surface area contributed by atoms with Crippen LogP contribution in [-0.2, 0) is 0 Å². The van der Waals surface area contributed by atoms with Crippen molar-refractivity contribution in [2.24, 2.45) is 0 Å². The van der Waals surface area contributed by atoms with Crippen molar-refractivity contribution >= 4 is 111 Å². The average Bonchev–Trinajstić information content (AvgIpc) is 1.56. The molecule has 20 aromatic rings. The van der Waals surface area contributed by atoms with Crippen LogP contribution >= 0.6 is 0 Å².